The molecule has 0 saturated carbocycles. The Morgan fingerprint density at radius 1 is 0.559 bits per heavy atom. The van der Waals surface area contributed by atoms with Crippen LogP contribution in [0.15, 0.2) is 0 Å². The van der Waals surface area contributed by atoms with Crippen LogP contribution in [0.1, 0.15) is 196 Å². The summed E-state index contributed by atoms with van der Waals surface area (Å²) >= 11 is 4.70. The number of unbranched alkanes of at least 4 members (excludes halogenated alkanes) is 12. The van der Waals surface area contributed by atoms with Gasteiger partial charge in [0.25, 0.3) is 0 Å². The Bertz CT molecular complexity index is 1320. The molecule has 0 aromatic rings. The molecule has 340 valence electrons. The standard InChI is InChI=1S/3C14H26O4S.2Bi/c3*1-3-5-7-9-14(13(17)18,10-8-6-4-2)11(19)12(15)16;;/h3*11,19H,3-10H2,1-2H3,(H,15,16)(H,17,18);;/q;;;2*+3/p-6. The molecule has 2 fully saturated rings. The number of carbonyl (C=O) groups is 6. The quantitative estimate of drug-likeness (QED) is 0.0371. The molecule has 0 aromatic heterocycles. The minimum absolute atomic E-state index is 0.162. The number of hydrogen-bond donors (Lipinski definition) is 3. The van der Waals surface area contributed by atoms with Gasteiger partial charge in [0.15, 0.2) is 0 Å². The van der Waals surface area contributed by atoms with Gasteiger partial charge < -0.3 is 0 Å². The van der Waals surface area contributed by atoms with Crippen molar-refractivity contribution in [3.63, 3.8) is 0 Å². The van der Waals surface area contributed by atoms with E-state index in [0.717, 1.165) is 77.0 Å². The Morgan fingerprint density at radius 3 is 1.22 bits per heavy atom. The Labute approximate surface area is 389 Å². The molecule has 0 aromatic carbocycles. The van der Waals surface area contributed by atoms with E-state index < -0.39 is 114 Å². The van der Waals surface area contributed by atoms with E-state index in [-0.39, 0.29) is 12.8 Å². The molecular formula is C42H72Bi2O12S3. The molecule has 0 spiro atoms. The molecule has 3 atom stereocenters. The fourth-order valence-electron chi connectivity index (χ4n) is 7.92. The first-order valence-electron chi connectivity index (χ1n) is 22.2. The van der Waals surface area contributed by atoms with Crippen molar-refractivity contribution in [1.82, 2.24) is 0 Å². The van der Waals surface area contributed by atoms with E-state index in [2.05, 4.69) is 39.1 Å². The molecule has 0 bridgehead atoms. The van der Waals surface area contributed by atoms with E-state index in [9.17, 15) is 28.8 Å². The predicted octanol–water partition coefficient (Wildman–Crippen LogP) is 9.58. The van der Waals surface area contributed by atoms with Gasteiger partial charge in [0.1, 0.15) is 0 Å². The van der Waals surface area contributed by atoms with Gasteiger partial charge >= 0.3 is 393 Å². The van der Waals surface area contributed by atoms with Crippen LogP contribution in [-0.4, -0.2) is 97.7 Å². The van der Waals surface area contributed by atoms with Gasteiger partial charge in [-0.3, -0.25) is 0 Å². The van der Waals surface area contributed by atoms with Crippen molar-refractivity contribution in [3.8, 4) is 0 Å². The van der Waals surface area contributed by atoms with Crippen LogP contribution in [0.3, 0.4) is 0 Å². The van der Waals surface area contributed by atoms with Crippen LogP contribution in [0, 0.1) is 16.2 Å². The van der Waals surface area contributed by atoms with E-state index >= 15 is 0 Å². The van der Waals surface area contributed by atoms with Crippen molar-refractivity contribution in [2.45, 2.75) is 211 Å². The average molecular weight is 1280 g/mol. The van der Waals surface area contributed by atoms with Crippen LogP contribution in [-0.2, 0) is 45.6 Å². The van der Waals surface area contributed by atoms with Crippen molar-refractivity contribution < 1.29 is 45.6 Å². The zero-order valence-electron chi connectivity index (χ0n) is 36.3. The summed E-state index contributed by atoms with van der Waals surface area (Å²) < 4.78 is 35.0. The molecule has 2 rings (SSSR count). The Hall–Kier alpha value is -0.364. The molecule has 2 aliphatic heterocycles. The molecule has 2 saturated heterocycles. The van der Waals surface area contributed by atoms with Crippen molar-refractivity contribution >= 4 is 120 Å². The SMILES string of the molecule is CCCCCC1(CCCCC)C(=O)[O][Bi]([O]C(=O)C(S)C(CCCCC)(CCCCC)C(=O)[O][Bi]2[O]C(=O)C(S)C(CCCCC)(CCCCC)C(=O)[O]2)[O]C(=O)C1S. The fraction of sp³-hybridized carbons (Fsp3) is 0.857. The van der Waals surface area contributed by atoms with Crippen LogP contribution < -0.4 is 0 Å². The van der Waals surface area contributed by atoms with Crippen molar-refractivity contribution in [2.75, 3.05) is 0 Å². The Balaban J connectivity index is 2.50. The van der Waals surface area contributed by atoms with Gasteiger partial charge in [0.05, 0.1) is 0 Å². The second kappa shape index (κ2) is 28.4. The molecule has 0 amide bonds. The molecule has 0 radical (unpaired) electrons. The summed E-state index contributed by atoms with van der Waals surface area (Å²) in [7, 11) is 0. The summed E-state index contributed by atoms with van der Waals surface area (Å²) in [5.74, 6) is -4.66. The first-order chi connectivity index (χ1) is 28.2. The summed E-state index contributed by atoms with van der Waals surface area (Å²) in [6, 6.07) is 0. The van der Waals surface area contributed by atoms with Gasteiger partial charge in [0, 0.05) is 0 Å². The molecule has 17 heteroatoms. The summed E-state index contributed by atoms with van der Waals surface area (Å²) in [4.78, 5) is 84.2. The van der Waals surface area contributed by atoms with Gasteiger partial charge in [-0.05, 0) is 0 Å². The zero-order chi connectivity index (χ0) is 44.1. The molecule has 0 aliphatic carbocycles. The maximum atomic E-state index is 14.7. The molecule has 12 nitrogen and oxygen atoms in total. The third-order valence-corrected chi connectivity index (χ3v) is 21.4. The van der Waals surface area contributed by atoms with Crippen LogP contribution in [0.5, 0.6) is 0 Å². The first kappa shape index (κ1) is 54.8. The maximum absolute atomic E-state index is 14.7. The summed E-state index contributed by atoms with van der Waals surface area (Å²) in [5.41, 5.74) is -4.07. The van der Waals surface area contributed by atoms with E-state index in [1.165, 1.54) is 0 Å². The second-order valence-corrected chi connectivity index (χ2v) is 25.5. The minimum atomic E-state index is -4.67. The third-order valence-electron chi connectivity index (χ3n) is 11.8. The van der Waals surface area contributed by atoms with Crippen LogP contribution in [0.2, 0.25) is 0 Å². The van der Waals surface area contributed by atoms with E-state index in [1.807, 2.05) is 27.7 Å². The van der Waals surface area contributed by atoms with Gasteiger partial charge in [-0.15, -0.1) is 0 Å². The van der Waals surface area contributed by atoms with Gasteiger partial charge in [-0.25, -0.2) is 0 Å². The predicted molar refractivity (Wildman–Crippen MR) is 239 cm³/mol. The summed E-state index contributed by atoms with van der Waals surface area (Å²) in [6.07, 6.45) is 15.8. The summed E-state index contributed by atoms with van der Waals surface area (Å²) in [5, 5.41) is -3.65. The second-order valence-electron chi connectivity index (χ2n) is 16.2. The third kappa shape index (κ3) is 15.4. The van der Waals surface area contributed by atoms with Crippen molar-refractivity contribution in [2.24, 2.45) is 16.2 Å². The van der Waals surface area contributed by atoms with Gasteiger partial charge in [0.2, 0.25) is 0 Å². The van der Waals surface area contributed by atoms with Crippen LogP contribution in [0.25, 0.3) is 0 Å². The number of hydrogen-bond acceptors (Lipinski definition) is 15. The van der Waals surface area contributed by atoms with Crippen LogP contribution >= 0.6 is 37.9 Å². The molecule has 2 aliphatic rings. The Kier molecular flexibility index (Phi) is 26.4. The van der Waals surface area contributed by atoms with Gasteiger partial charge in [-0.2, -0.15) is 0 Å². The monoisotopic (exact) mass is 1280 g/mol. The molecule has 3 unspecified atom stereocenters. The zero-order valence-corrected chi connectivity index (χ0v) is 46.0. The topological polar surface area (TPSA) is 158 Å². The van der Waals surface area contributed by atoms with Crippen molar-refractivity contribution in [1.29, 1.82) is 0 Å². The van der Waals surface area contributed by atoms with Gasteiger partial charge in [-0.1, -0.05) is 0 Å². The number of thiol groups is 3. The number of rotatable bonds is 29. The number of carbonyl (C=O) groups excluding carboxylic acids is 6. The molecule has 0 N–H and O–H groups in total. The summed E-state index contributed by atoms with van der Waals surface area (Å²) in [6.45, 7) is 12.2. The average Bonchev–Trinajstić information content (AvgIpc) is 3.34. The van der Waals surface area contributed by atoms with E-state index in [1.54, 1.807) is 0 Å². The van der Waals surface area contributed by atoms with E-state index in [4.69, 9.17) is 29.5 Å². The molecule has 2 heterocycles. The van der Waals surface area contributed by atoms with Crippen molar-refractivity contribution in [3.05, 3.63) is 0 Å². The Morgan fingerprint density at radius 2 is 0.881 bits per heavy atom. The molecule has 59 heavy (non-hydrogen) atoms. The fourth-order valence-corrected chi connectivity index (χ4v) is 17.7. The molecular weight excluding hydrogens is 1210 g/mol. The normalized spacial score (nSPS) is 20.4. The van der Waals surface area contributed by atoms with E-state index in [0.29, 0.717) is 64.2 Å². The van der Waals surface area contributed by atoms with Crippen LogP contribution in [0.4, 0.5) is 0 Å². The first-order valence-corrected chi connectivity index (χ1v) is 32.2.